The molecular formula is C16H25ClN2O3. The lowest BCUT2D eigenvalue weighted by molar-refractivity contribution is -0.640. The van der Waals surface area contributed by atoms with Crippen LogP contribution in [0.3, 0.4) is 0 Å². The van der Waals surface area contributed by atoms with Gasteiger partial charge in [-0.2, -0.15) is 0 Å². The Morgan fingerprint density at radius 3 is 2.77 bits per heavy atom. The van der Waals surface area contributed by atoms with E-state index in [1.165, 1.54) is 5.56 Å². The van der Waals surface area contributed by atoms with Crippen LogP contribution in [0.5, 0.6) is 11.5 Å². The van der Waals surface area contributed by atoms with Crippen molar-refractivity contribution in [2.24, 2.45) is 0 Å². The van der Waals surface area contributed by atoms with Gasteiger partial charge in [-0.15, -0.1) is 0 Å². The van der Waals surface area contributed by atoms with Crippen molar-refractivity contribution in [3.63, 3.8) is 0 Å². The van der Waals surface area contributed by atoms with E-state index in [2.05, 4.69) is 12.2 Å². The second-order valence-electron chi connectivity index (χ2n) is 5.22. The number of fused-ring (bicyclic) bond motifs is 1. The average molecular weight is 329 g/mol. The van der Waals surface area contributed by atoms with Crippen LogP contribution in [-0.4, -0.2) is 32.2 Å². The second-order valence-corrected chi connectivity index (χ2v) is 5.22. The van der Waals surface area contributed by atoms with Crippen molar-refractivity contribution in [3.8, 4) is 11.5 Å². The highest BCUT2D eigenvalue weighted by Gasteiger charge is 2.19. The van der Waals surface area contributed by atoms with Crippen LogP contribution in [0, 0.1) is 0 Å². The molecule has 0 saturated heterocycles. The van der Waals surface area contributed by atoms with Gasteiger partial charge in [-0.3, -0.25) is 4.79 Å². The van der Waals surface area contributed by atoms with Crippen molar-refractivity contribution in [1.82, 2.24) is 0 Å². The average Bonchev–Trinajstić information content (AvgIpc) is 2.51. The predicted octanol–water partition coefficient (Wildman–Crippen LogP) is -1.67. The third-order valence-corrected chi connectivity index (χ3v) is 3.41. The Balaban J connectivity index is 0.00000242. The number of likely N-dealkylation sites (N-methyl/N-ethyl adjacent to an activating group) is 1. The molecular weight excluding hydrogens is 304 g/mol. The molecule has 0 radical (unpaired) electrons. The highest BCUT2D eigenvalue weighted by molar-refractivity contribution is 5.93. The summed E-state index contributed by atoms with van der Waals surface area (Å²) < 4.78 is 11.3. The number of nitrogens with one attached hydrogen (secondary N) is 1. The first kappa shape index (κ1) is 18.6. The van der Waals surface area contributed by atoms with Crippen LogP contribution in [0.25, 0.3) is 0 Å². The number of hydrogen-bond donors (Lipinski definition) is 2. The molecule has 5 nitrogen and oxygen atoms in total. The molecule has 0 bridgehead atoms. The van der Waals surface area contributed by atoms with Crippen molar-refractivity contribution >= 4 is 11.6 Å². The van der Waals surface area contributed by atoms with E-state index in [0.717, 1.165) is 37.2 Å². The summed E-state index contributed by atoms with van der Waals surface area (Å²) in [5.41, 5.74) is 1.91. The Labute approximate surface area is 138 Å². The summed E-state index contributed by atoms with van der Waals surface area (Å²) in [6.07, 6.45) is 3.25. The SMILES string of the molecule is CCCCc1cc(NC(=O)C[NH2+]CC)c2c(c1)OCCO2.[Cl-]. The molecule has 2 rings (SSSR count). The fraction of sp³-hybridized carbons (Fsp3) is 0.562. The minimum Gasteiger partial charge on any atom is -1.00 e. The minimum atomic E-state index is -0.0131. The molecule has 3 N–H and O–H groups in total. The Morgan fingerprint density at radius 2 is 2.05 bits per heavy atom. The van der Waals surface area contributed by atoms with Crippen LogP contribution in [0.1, 0.15) is 32.3 Å². The Kier molecular flexibility index (Phi) is 8.06. The van der Waals surface area contributed by atoms with E-state index in [1.807, 2.05) is 24.4 Å². The number of rotatable bonds is 7. The molecule has 0 aliphatic carbocycles. The zero-order valence-electron chi connectivity index (χ0n) is 13.3. The topological polar surface area (TPSA) is 64.2 Å². The standard InChI is InChI=1S/C16H24N2O3.ClH/c1-3-5-6-12-9-13(18-15(19)11-17-4-2)16-14(10-12)20-7-8-21-16;/h9-10,17H,3-8,11H2,1-2H3,(H,18,19);1H. The number of halogens is 1. The van der Waals surface area contributed by atoms with E-state index in [1.54, 1.807) is 0 Å². The lowest BCUT2D eigenvalue weighted by atomic mass is 10.1. The molecule has 0 saturated carbocycles. The first-order chi connectivity index (χ1) is 10.2. The summed E-state index contributed by atoms with van der Waals surface area (Å²) in [5.74, 6) is 1.39. The van der Waals surface area contributed by atoms with E-state index >= 15 is 0 Å². The molecule has 0 spiro atoms. The number of carbonyl (C=O) groups excluding carboxylic acids is 1. The van der Waals surface area contributed by atoms with Gasteiger partial charge in [0, 0.05) is 0 Å². The number of unbranched alkanes of at least 4 members (excludes halogenated alkanes) is 1. The molecule has 6 heteroatoms. The summed E-state index contributed by atoms with van der Waals surface area (Å²) >= 11 is 0. The maximum atomic E-state index is 11.9. The molecule has 1 heterocycles. The lowest BCUT2D eigenvalue weighted by Crippen LogP contribution is -3.00. The number of carbonyl (C=O) groups is 1. The Hall–Kier alpha value is -1.46. The van der Waals surface area contributed by atoms with E-state index in [0.29, 0.717) is 25.5 Å². The van der Waals surface area contributed by atoms with Gasteiger partial charge >= 0.3 is 0 Å². The lowest BCUT2D eigenvalue weighted by Gasteiger charge is -2.22. The zero-order chi connectivity index (χ0) is 15.1. The molecule has 1 aromatic rings. The van der Waals surface area contributed by atoms with Crippen molar-refractivity contribution in [2.75, 3.05) is 31.6 Å². The maximum absolute atomic E-state index is 11.9. The molecule has 0 unspecified atom stereocenters. The first-order valence-electron chi connectivity index (χ1n) is 7.78. The smallest absolute Gasteiger partial charge is 0.279 e. The Morgan fingerprint density at radius 1 is 1.27 bits per heavy atom. The van der Waals surface area contributed by atoms with Crippen molar-refractivity contribution in [1.29, 1.82) is 0 Å². The third kappa shape index (κ3) is 5.07. The molecule has 0 atom stereocenters. The first-order valence-corrected chi connectivity index (χ1v) is 7.78. The van der Waals surface area contributed by atoms with Crippen LogP contribution < -0.4 is 32.5 Å². The van der Waals surface area contributed by atoms with Gasteiger partial charge < -0.3 is 32.5 Å². The number of ether oxygens (including phenoxy) is 2. The van der Waals surface area contributed by atoms with Gasteiger partial charge in [0.1, 0.15) is 13.2 Å². The highest BCUT2D eigenvalue weighted by atomic mass is 35.5. The zero-order valence-corrected chi connectivity index (χ0v) is 14.0. The van der Waals surface area contributed by atoms with Gasteiger partial charge in [-0.25, -0.2) is 0 Å². The molecule has 0 aromatic heterocycles. The number of aryl methyl sites for hydroxylation is 1. The van der Waals surface area contributed by atoms with Gasteiger partial charge in [0.2, 0.25) is 0 Å². The molecule has 0 fully saturated rings. The minimum absolute atomic E-state index is 0. The van der Waals surface area contributed by atoms with Crippen LogP contribution >= 0.6 is 0 Å². The third-order valence-electron chi connectivity index (χ3n) is 3.41. The van der Waals surface area contributed by atoms with Crippen molar-refractivity contribution in [3.05, 3.63) is 17.7 Å². The fourth-order valence-electron chi connectivity index (χ4n) is 2.31. The van der Waals surface area contributed by atoms with Gasteiger partial charge in [0.15, 0.2) is 18.0 Å². The van der Waals surface area contributed by atoms with E-state index in [9.17, 15) is 4.79 Å². The van der Waals surface area contributed by atoms with E-state index in [-0.39, 0.29) is 18.3 Å². The van der Waals surface area contributed by atoms with Gasteiger partial charge in [-0.05, 0) is 37.5 Å². The largest absolute Gasteiger partial charge is 1.00 e. The molecule has 1 aliphatic rings. The summed E-state index contributed by atoms with van der Waals surface area (Å²) in [6.45, 7) is 6.58. The van der Waals surface area contributed by atoms with E-state index in [4.69, 9.17) is 9.47 Å². The molecule has 1 aliphatic heterocycles. The number of nitrogens with two attached hydrogens (primary N) is 1. The summed E-state index contributed by atoms with van der Waals surface area (Å²) in [6, 6.07) is 4.03. The Bertz CT molecular complexity index is 495. The van der Waals surface area contributed by atoms with Crippen molar-refractivity contribution < 1.29 is 32.0 Å². The number of anilines is 1. The van der Waals surface area contributed by atoms with Crippen LogP contribution in [0.15, 0.2) is 12.1 Å². The highest BCUT2D eigenvalue weighted by Crippen LogP contribution is 2.39. The predicted molar refractivity (Wildman–Crippen MR) is 82.0 cm³/mol. The summed E-state index contributed by atoms with van der Waals surface area (Å²) in [7, 11) is 0. The van der Waals surface area contributed by atoms with Crippen molar-refractivity contribution in [2.45, 2.75) is 33.1 Å². The van der Waals surface area contributed by atoms with Gasteiger partial charge in [0.25, 0.3) is 5.91 Å². The van der Waals surface area contributed by atoms with Gasteiger partial charge in [0.05, 0.1) is 12.2 Å². The fourth-order valence-corrected chi connectivity index (χ4v) is 2.31. The second kappa shape index (κ2) is 9.54. The summed E-state index contributed by atoms with van der Waals surface area (Å²) in [4.78, 5) is 11.9. The molecule has 124 valence electrons. The number of amides is 1. The van der Waals surface area contributed by atoms with Crippen LogP contribution in [0.4, 0.5) is 5.69 Å². The maximum Gasteiger partial charge on any atom is 0.279 e. The van der Waals surface area contributed by atoms with Gasteiger partial charge in [-0.1, -0.05) is 13.3 Å². The molecule has 1 aromatic carbocycles. The number of hydrogen-bond acceptors (Lipinski definition) is 3. The molecule has 1 amide bonds. The number of quaternary nitrogens is 1. The van der Waals surface area contributed by atoms with E-state index < -0.39 is 0 Å². The monoisotopic (exact) mass is 328 g/mol. The number of benzene rings is 1. The summed E-state index contributed by atoms with van der Waals surface area (Å²) in [5, 5.41) is 4.90. The van der Waals surface area contributed by atoms with Crippen LogP contribution in [0.2, 0.25) is 0 Å². The molecule has 22 heavy (non-hydrogen) atoms. The van der Waals surface area contributed by atoms with Crippen LogP contribution in [-0.2, 0) is 11.2 Å². The normalized spacial score (nSPS) is 12.5. The quantitative estimate of drug-likeness (QED) is 0.629.